The summed E-state index contributed by atoms with van der Waals surface area (Å²) in [5, 5.41) is 3.35. The van der Waals surface area contributed by atoms with Crippen molar-refractivity contribution in [3.63, 3.8) is 0 Å². The van der Waals surface area contributed by atoms with Crippen molar-refractivity contribution in [2.45, 2.75) is 23.4 Å². The number of nitrogens with one attached hydrogen (secondary N) is 1. The van der Waals surface area contributed by atoms with Gasteiger partial charge < -0.3 is 19.7 Å². The zero-order valence-electron chi connectivity index (χ0n) is 21.3. The number of pyridine rings is 3. The van der Waals surface area contributed by atoms with Gasteiger partial charge in [0.25, 0.3) is 5.91 Å². The highest BCUT2D eigenvalue weighted by atomic mass is 32.2. The van der Waals surface area contributed by atoms with E-state index < -0.39 is 44.1 Å². The molecule has 1 atom stereocenters. The first-order valence-electron chi connectivity index (χ1n) is 12.5. The number of benzene rings is 1. The molecule has 13 heteroatoms. The molecule has 0 radical (unpaired) electrons. The number of hydrogen-bond acceptors (Lipinski definition) is 9. The number of fused-ring (bicyclic) bond motifs is 3. The molecule has 0 saturated heterocycles. The van der Waals surface area contributed by atoms with Gasteiger partial charge in [-0.1, -0.05) is 5.92 Å². The van der Waals surface area contributed by atoms with Gasteiger partial charge in [-0.05, 0) is 30.3 Å². The van der Waals surface area contributed by atoms with E-state index in [0.717, 1.165) is 17.5 Å². The van der Waals surface area contributed by atoms with Crippen LogP contribution < -0.4 is 19.7 Å². The first kappa shape index (κ1) is 26.4. The minimum atomic E-state index is -4.52. The Morgan fingerprint density at radius 2 is 2.00 bits per heavy atom. The summed E-state index contributed by atoms with van der Waals surface area (Å²) in [6.07, 6.45) is 8.22. The van der Waals surface area contributed by atoms with Gasteiger partial charge in [0.15, 0.2) is 23.1 Å². The Morgan fingerprint density at radius 3 is 2.83 bits per heavy atom. The van der Waals surface area contributed by atoms with Crippen LogP contribution in [0.3, 0.4) is 0 Å². The Kier molecular flexibility index (Phi) is 6.63. The Hall–Kier alpha value is -4.83. The molecule has 5 heterocycles. The maximum atomic E-state index is 14.7. The van der Waals surface area contributed by atoms with Gasteiger partial charge in [0.1, 0.15) is 17.3 Å². The lowest BCUT2D eigenvalue weighted by molar-refractivity contribution is 0.0949. The van der Waals surface area contributed by atoms with Crippen LogP contribution in [0.15, 0.2) is 53.7 Å². The van der Waals surface area contributed by atoms with Crippen LogP contribution >= 0.6 is 0 Å². The highest BCUT2D eigenvalue weighted by Gasteiger charge is 2.35. The number of sulfone groups is 1. The van der Waals surface area contributed by atoms with Crippen molar-refractivity contribution in [2.24, 2.45) is 0 Å². The van der Waals surface area contributed by atoms with Crippen molar-refractivity contribution < 1.29 is 31.5 Å². The van der Waals surface area contributed by atoms with Crippen molar-refractivity contribution in [1.82, 2.24) is 20.3 Å². The molecule has 1 amide bonds. The number of nitrogens with zero attached hydrogens (tertiary/aromatic N) is 4. The molecular formula is C28H21F2N5O5S. The van der Waals surface area contributed by atoms with Gasteiger partial charge in [0.2, 0.25) is 15.3 Å². The third-order valence-electron chi connectivity index (χ3n) is 6.66. The number of amides is 1. The maximum absolute atomic E-state index is 14.7. The van der Waals surface area contributed by atoms with Crippen molar-refractivity contribution >= 4 is 38.3 Å². The fourth-order valence-corrected chi connectivity index (χ4v) is 5.95. The summed E-state index contributed by atoms with van der Waals surface area (Å²) in [5.74, 6) is 1.88. The Balaban J connectivity index is 1.23. The van der Waals surface area contributed by atoms with E-state index >= 15 is 0 Å². The zero-order chi connectivity index (χ0) is 28.7. The molecule has 3 aromatic heterocycles. The predicted molar refractivity (Wildman–Crippen MR) is 144 cm³/mol. The number of carbonyl (C=O) groups excluding carboxylic acids is 1. The monoisotopic (exact) mass is 577 g/mol. The van der Waals surface area contributed by atoms with Crippen LogP contribution in [0, 0.1) is 18.2 Å². The van der Waals surface area contributed by atoms with Crippen LogP contribution in [0.25, 0.3) is 10.9 Å². The average Bonchev–Trinajstić information content (AvgIpc) is 3.10. The minimum Gasteiger partial charge on any atom is -0.489 e. The van der Waals surface area contributed by atoms with E-state index in [4.69, 9.17) is 20.9 Å². The fraction of sp³-hybridized carbons (Fsp3) is 0.214. The van der Waals surface area contributed by atoms with Gasteiger partial charge >= 0.3 is 0 Å². The summed E-state index contributed by atoms with van der Waals surface area (Å²) in [4.78, 5) is 27.6. The Bertz CT molecular complexity index is 1860. The third-order valence-corrected chi connectivity index (χ3v) is 8.48. The molecular weight excluding hydrogens is 556 g/mol. The number of aromatic nitrogens is 3. The molecule has 2 aliphatic heterocycles. The molecule has 0 bridgehead atoms. The zero-order valence-corrected chi connectivity index (χ0v) is 22.1. The molecule has 1 aromatic carbocycles. The smallest absolute Gasteiger partial charge is 0.251 e. The minimum absolute atomic E-state index is 0.0643. The lowest BCUT2D eigenvalue weighted by Crippen LogP contribution is -2.30. The fourth-order valence-electron chi connectivity index (χ4n) is 4.57. The molecule has 0 aliphatic carbocycles. The van der Waals surface area contributed by atoms with E-state index in [1.807, 2.05) is 17.0 Å². The van der Waals surface area contributed by atoms with Crippen LogP contribution in [0.1, 0.15) is 28.0 Å². The number of alkyl halides is 1. The van der Waals surface area contributed by atoms with E-state index in [2.05, 4.69) is 21.2 Å². The van der Waals surface area contributed by atoms with Crippen LogP contribution in [0.2, 0.25) is 0 Å². The summed E-state index contributed by atoms with van der Waals surface area (Å²) < 4.78 is 64.7. The highest BCUT2D eigenvalue weighted by molar-refractivity contribution is 7.92. The van der Waals surface area contributed by atoms with Gasteiger partial charge in [-0.3, -0.25) is 9.78 Å². The largest absolute Gasteiger partial charge is 0.489 e. The molecule has 0 fully saturated rings. The second kappa shape index (κ2) is 10.3. The molecule has 208 valence electrons. The predicted octanol–water partition coefficient (Wildman–Crippen LogP) is 3.46. The van der Waals surface area contributed by atoms with Crippen LogP contribution in [0.5, 0.6) is 11.5 Å². The number of terminal acetylenes is 1. The first-order valence-corrected chi connectivity index (χ1v) is 14.0. The molecule has 2 aliphatic rings. The normalized spacial score (nSPS) is 17.3. The highest BCUT2D eigenvalue weighted by Crippen LogP contribution is 2.36. The van der Waals surface area contributed by atoms with Crippen molar-refractivity contribution in [2.75, 3.05) is 24.7 Å². The first-order chi connectivity index (χ1) is 19.7. The van der Waals surface area contributed by atoms with Crippen molar-refractivity contribution in [3.05, 3.63) is 71.4 Å². The summed E-state index contributed by atoms with van der Waals surface area (Å²) in [7, 11) is -4.52. The number of hydrogen-bond donors (Lipinski definition) is 1. The number of anilines is 2. The number of rotatable bonds is 4. The standard InChI is InChI=1S/C28H21F2N5O5S/c1-2-16-9-22-27(32-13-16)35(6-8-39-22)25-4-3-17-14-31-19(12-21(17)34-25)15-33-28(36)18-10-20(29)26-23(11-18)41(37,38)24(30)5-7-40-26/h1,3-4,9-14,24H,5-8,15H2,(H,33,36)/t24-/m1/s1. The lowest BCUT2D eigenvalue weighted by atomic mass is 10.2. The number of halogens is 2. The second-order valence-corrected chi connectivity index (χ2v) is 11.3. The second-order valence-electron chi connectivity index (χ2n) is 9.29. The molecule has 4 aromatic rings. The van der Waals surface area contributed by atoms with Crippen molar-refractivity contribution in [3.8, 4) is 23.8 Å². The van der Waals surface area contributed by atoms with Gasteiger partial charge in [0.05, 0.1) is 30.9 Å². The van der Waals surface area contributed by atoms with Gasteiger partial charge in [-0.15, -0.1) is 6.42 Å². The summed E-state index contributed by atoms with van der Waals surface area (Å²) in [5.41, 5.74) is -0.906. The van der Waals surface area contributed by atoms with Crippen LogP contribution in [0.4, 0.5) is 20.4 Å². The van der Waals surface area contributed by atoms with Gasteiger partial charge in [-0.2, -0.15) is 0 Å². The molecule has 10 nitrogen and oxygen atoms in total. The quantitative estimate of drug-likeness (QED) is 0.363. The lowest BCUT2D eigenvalue weighted by Gasteiger charge is -2.29. The third kappa shape index (κ3) is 4.87. The Morgan fingerprint density at radius 1 is 1.15 bits per heavy atom. The molecule has 6 rings (SSSR count). The molecule has 0 saturated carbocycles. The topological polar surface area (TPSA) is 124 Å². The number of ether oxygens (including phenoxy) is 2. The molecule has 0 spiro atoms. The SMILES string of the molecule is C#Cc1cnc2c(c1)OCCN2c1ccc2cnc(CNC(=O)c3cc(F)c4c(c3)S(=O)(=O)[C@@H](F)CCO4)cc2n1. The number of carbonyl (C=O) groups is 1. The van der Waals surface area contributed by atoms with E-state index in [1.54, 1.807) is 24.5 Å². The molecule has 0 unspecified atom stereocenters. The van der Waals surface area contributed by atoms with Crippen LogP contribution in [-0.2, 0) is 16.4 Å². The van der Waals surface area contributed by atoms with E-state index in [-0.39, 0.29) is 18.7 Å². The summed E-state index contributed by atoms with van der Waals surface area (Å²) in [6, 6.07) is 8.91. The summed E-state index contributed by atoms with van der Waals surface area (Å²) in [6.45, 7) is 0.563. The van der Waals surface area contributed by atoms with Gasteiger partial charge in [0, 0.05) is 41.4 Å². The van der Waals surface area contributed by atoms with E-state index in [0.29, 0.717) is 47.3 Å². The molecule has 41 heavy (non-hydrogen) atoms. The van der Waals surface area contributed by atoms with Crippen molar-refractivity contribution in [1.29, 1.82) is 0 Å². The van der Waals surface area contributed by atoms with Gasteiger partial charge in [-0.25, -0.2) is 27.2 Å². The van der Waals surface area contributed by atoms with Crippen LogP contribution in [-0.4, -0.2) is 54.5 Å². The summed E-state index contributed by atoms with van der Waals surface area (Å²) >= 11 is 0. The Labute approximate surface area is 233 Å². The van der Waals surface area contributed by atoms with E-state index in [9.17, 15) is 22.0 Å². The maximum Gasteiger partial charge on any atom is 0.251 e. The van der Waals surface area contributed by atoms with E-state index in [1.165, 1.54) is 0 Å². The molecule has 1 N–H and O–H groups in total. The average molecular weight is 578 g/mol.